The second-order valence-electron chi connectivity index (χ2n) is 4.27. The van der Waals surface area contributed by atoms with Gasteiger partial charge in [-0.1, -0.05) is 38.1 Å². The summed E-state index contributed by atoms with van der Waals surface area (Å²) in [6.07, 6.45) is 3.33. The normalized spacial score (nSPS) is 11.9. The van der Waals surface area contributed by atoms with Crippen LogP contribution in [-0.4, -0.2) is 7.05 Å². The Balaban J connectivity index is 2.79. The molecule has 1 rings (SSSR count). The third kappa shape index (κ3) is 3.43. The van der Waals surface area contributed by atoms with Gasteiger partial charge in [0.2, 0.25) is 0 Å². The van der Waals surface area contributed by atoms with Crippen molar-refractivity contribution >= 4 is 5.69 Å². The van der Waals surface area contributed by atoms with E-state index in [0.717, 1.165) is 6.42 Å². The maximum Gasteiger partial charge on any atom is 0.0405 e. The van der Waals surface area contributed by atoms with Gasteiger partial charge in [0.05, 0.1) is 0 Å². The van der Waals surface area contributed by atoms with Gasteiger partial charge in [0.1, 0.15) is 0 Å². The van der Waals surface area contributed by atoms with Crippen LogP contribution in [0.4, 0.5) is 5.69 Å². The predicted octanol–water partition coefficient (Wildman–Crippen LogP) is 4.07. The standard InChI is InChI=1S/C14H21N/c1-5-13(11-12(2)3)15(4)14-9-7-6-8-10-14/h5-10,12H,11H2,1-4H3/b13-5-. The summed E-state index contributed by atoms with van der Waals surface area (Å²) in [6.45, 7) is 6.61. The fourth-order valence-electron chi connectivity index (χ4n) is 1.68. The van der Waals surface area contributed by atoms with Crippen molar-refractivity contribution in [2.45, 2.75) is 27.2 Å². The zero-order valence-corrected chi connectivity index (χ0v) is 10.2. The zero-order chi connectivity index (χ0) is 11.3. The molecule has 15 heavy (non-hydrogen) atoms. The monoisotopic (exact) mass is 203 g/mol. The number of hydrogen-bond acceptors (Lipinski definition) is 1. The Labute approximate surface area is 93.4 Å². The summed E-state index contributed by atoms with van der Waals surface area (Å²) >= 11 is 0. The molecule has 0 heterocycles. The molecule has 0 aliphatic heterocycles. The van der Waals surface area contributed by atoms with E-state index >= 15 is 0 Å². The van der Waals surface area contributed by atoms with Gasteiger partial charge in [-0.2, -0.15) is 0 Å². The topological polar surface area (TPSA) is 3.24 Å². The van der Waals surface area contributed by atoms with E-state index in [-0.39, 0.29) is 0 Å². The zero-order valence-electron chi connectivity index (χ0n) is 10.2. The van der Waals surface area contributed by atoms with Gasteiger partial charge in [-0.05, 0) is 31.4 Å². The van der Waals surface area contributed by atoms with Crippen LogP contribution in [0.15, 0.2) is 42.1 Å². The molecular weight excluding hydrogens is 182 g/mol. The average molecular weight is 203 g/mol. The van der Waals surface area contributed by atoms with Crippen LogP contribution in [0.5, 0.6) is 0 Å². The van der Waals surface area contributed by atoms with Crippen LogP contribution >= 0.6 is 0 Å². The second kappa shape index (κ2) is 5.59. The van der Waals surface area contributed by atoms with Crippen molar-refractivity contribution in [2.24, 2.45) is 5.92 Å². The van der Waals surface area contributed by atoms with Gasteiger partial charge >= 0.3 is 0 Å². The molecule has 1 aromatic rings. The van der Waals surface area contributed by atoms with E-state index in [1.54, 1.807) is 0 Å². The summed E-state index contributed by atoms with van der Waals surface area (Å²) in [5, 5.41) is 0. The maximum absolute atomic E-state index is 2.26. The minimum atomic E-state index is 0.697. The van der Waals surface area contributed by atoms with Crippen molar-refractivity contribution in [1.29, 1.82) is 0 Å². The van der Waals surface area contributed by atoms with E-state index in [9.17, 15) is 0 Å². The Morgan fingerprint density at radius 1 is 1.27 bits per heavy atom. The highest BCUT2D eigenvalue weighted by Gasteiger charge is 2.07. The van der Waals surface area contributed by atoms with Crippen LogP contribution in [0, 0.1) is 5.92 Å². The molecule has 0 aromatic heterocycles. The fraction of sp³-hybridized carbons (Fsp3) is 0.429. The van der Waals surface area contributed by atoms with Crippen molar-refractivity contribution in [3.63, 3.8) is 0 Å². The molecule has 0 aliphatic carbocycles. The van der Waals surface area contributed by atoms with E-state index in [4.69, 9.17) is 0 Å². The lowest BCUT2D eigenvalue weighted by molar-refractivity contribution is 0.631. The molecule has 0 bridgehead atoms. The Morgan fingerprint density at radius 3 is 2.33 bits per heavy atom. The van der Waals surface area contributed by atoms with E-state index in [2.05, 4.69) is 69.1 Å². The summed E-state index contributed by atoms with van der Waals surface area (Å²) in [5.74, 6) is 0.697. The smallest absolute Gasteiger partial charge is 0.0405 e. The Bertz CT molecular complexity index is 311. The number of allylic oxidation sites excluding steroid dienone is 2. The number of anilines is 1. The summed E-state index contributed by atoms with van der Waals surface area (Å²) in [4.78, 5) is 2.26. The quantitative estimate of drug-likeness (QED) is 0.713. The summed E-state index contributed by atoms with van der Waals surface area (Å²) in [7, 11) is 2.13. The van der Waals surface area contributed by atoms with Crippen LogP contribution in [0.2, 0.25) is 0 Å². The van der Waals surface area contributed by atoms with Gasteiger partial charge in [-0.15, -0.1) is 0 Å². The van der Waals surface area contributed by atoms with Crippen LogP contribution in [-0.2, 0) is 0 Å². The van der Waals surface area contributed by atoms with Crippen molar-refractivity contribution in [2.75, 3.05) is 11.9 Å². The van der Waals surface area contributed by atoms with Crippen LogP contribution in [0.25, 0.3) is 0 Å². The minimum Gasteiger partial charge on any atom is -0.349 e. The van der Waals surface area contributed by atoms with E-state index in [1.165, 1.54) is 11.4 Å². The molecule has 82 valence electrons. The molecule has 0 radical (unpaired) electrons. The molecule has 0 spiro atoms. The van der Waals surface area contributed by atoms with Crippen LogP contribution in [0.1, 0.15) is 27.2 Å². The largest absolute Gasteiger partial charge is 0.349 e. The molecule has 1 heteroatoms. The minimum absolute atomic E-state index is 0.697. The van der Waals surface area contributed by atoms with Gasteiger partial charge in [0, 0.05) is 18.4 Å². The van der Waals surface area contributed by atoms with Gasteiger partial charge in [0.15, 0.2) is 0 Å². The van der Waals surface area contributed by atoms with Crippen LogP contribution < -0.4 is 4.90 Å². The van der Waals surface area contributed by atoms with Gasteiger partial charge < -0.3 is 4.90 Å². The third-order valence-corrected chi connectivity index (χ3v) is 2.52. The van der Waals surface area contributed by atoms with Crippen molar-refractivity contribution in [3.8, 4) is 0 Å². The third-order valence-electron chi connectivity index (χ3n) is 2.52. The SMILES string of the molecule is C/C=C(/CC(C)C)N(C)c1ccccc1. The molecule has 1 nitrogen and oxygen atoms in total. The molecule has 1 aromatic carbocycles. The summed E-state index contributed by atoms with van der Waals surface area (Å²) < 4.78 is 0. The van der Waals surface area contributed by atoms with E-state index in [0.29, 0.717) is 5.92 Å². The first-order chi connectivity index (χ1) is 7.15. The van der Waals surface area contributed by atoms with E-state index in [1.807, 2.05) is 0 Å². The van der Waals surface area contributed by atoms with E-state index < -0.39 is 0 Å². The van der Waals surface area contributed by atoms with Crippen LogP contribution in [0.3, 0.4) is 0 Å². The highest BCUT2D eigenvalue weighted by atomic mass is 15.1. The maximum atomic E-state index is 2.26. The lowest BCUT2D eigenvalue weighted by Gasteiger charge is -2.24. The average Bonchev–Trinajstić information content (AvgIpc) is 2.26. The number of rotatable bonds is 4. The Hall–Kier alpha value is -1.24. The highest BCUT2D eigenvalue weighted by molar-refractivity contribution is 5.50. The Kier molecular flexibility index (Phi) is 4.41. The number of hydrogen-bond donors (Lipinski definition) is 0. The molecule has 0 unspecified atom stereocenters. The van der Waals surface area contributed by atoms with Crippen molar-refractivity contribution in [3.05, 3.63) is 42.1 Å². The number of para-hydroxylation sites is 1. The first kappa shape index (κ1) is 11.8. The number of benzene rings is 1. The molecular formula is C14H21N. The molecule has 0 amide bonds. The first-order valence-corrected chi connectivity index (χ1v) is 5.59. The van der Waals surface area contributed by atoms with Gasteiger partial charge in [-0.25, -0.2) is 0 Å². The van der Waals surface area contributed by atoms with Gasteiger partial charge in [0.25, 0.3) is 0 Å². The lowest BCUT2D eigenvalue weighted by atomic mass is 10.1. The number of nitrogens with zero attached hydrogens (tertiary/aromatic N) is 1. The second-order valence-corrected chi connectivity index (χ2v) is 4.27. The molecule has 0 aliphatic rings. The summed E-state index contributed by atoms with van der Waals surface area (Å²) in [5.41, 5.74) is 2.64. The van der Waals surface area contributed by atoms with Crippen molar-refractivity contribution in [1.82, 2.24) is 0 Å². The highest BCUT2D eigenvalue weighted by Crippen LogP contribution is 2.21. The summed E-state index contributed by atoms with van der Waals surface area (Å²) in [6, 6.07) is 10.5. The lowest BCUT2D eigenvalue weighted by Crippen LogP contribution is -2.17. The molecule has 0 atom stereocenters. The van der Waals surface area contributed by atoms with Crippen molar-refractivity contribution < 1.29 is 0 Å². The molecule has 0 fully saturated rings. The van der Waals surface area contributed by atoms with Gasteiger partial charge in [-0.3, -0.25) is 0 Å². The first-order valence-electron chi connectivity index (χ1n) is 5.59. The predicted molar refractivity (Wildman–Crippen MR) is 68.1 cm³/mol. The molecule has 0 saturated carbocycles. The fourth-order valence-corrected chi connectivity index (χ4v) is 1.68. The molecule has 0 N–H and O–H groups in total. The molecule has 0 saturated heterocycles. The Morgan fingerprint density at radius 2 is 1.87 bits per heavy atom.